The predicted molar refractivity (Wildman–Crippen MR) is 45.7 cm³/mol. The molecule has 72 valence electrons. The van der Waals surface area contributed by atoms with Crippen molar-refractivity contribution in [2.75, 3.05) is 0 Å². The Bertz CT molecular complexity index is 383. The first-order valence-electron chi connectivity index (χ1n) is 3.63. The van der Waals surface area contributed by atoms with Crippen molar-refractivity contribution in [3.63, 3.8) is 0 Å². The third-order valence-electron chi connectivity index (χ3n) is 1.45. The Labute approximate surface area is 77.1 Å². The summed E-state index contributed by atoms with van der Waals surface area (Å²) in [6.07, 6.45) is 0. The van der Waals surface area contributed by atoms with Crippen LogP contribution in [0, 0.1) is 6.92 Å². The summed E-state index contributed by atoms with van der Waals surface area (Å²) in [5.74, 6) is 0. The molecule has 0 fully saturated rings. The van der Waals surface area contributed by atoms with Crippen molar-refractivity contribution in [2.45, 2.75) is 13.5 Å². The van der Waals surface area contributed by atoms with Gasteiger partial charge >= 0.3 is 0 Å². The lowest BCUT2D eigenvalue weighted by atomic mass is 10.1. The van der Waals surface area contributed by atoms with Gasteiger partial charge in [-0.1, -0.05) is 29.8 Å². The lowest BCUT2D eigenvalue weighted by Gasteiger charge is -2.07. The molecule has 4 nitrogen and oxygen atoms in total. The minimum atomic E-state index is -4.59. The second-order valence-electron chi connectivity index (χ2n) is 2.66. The van der Waals surface area contributed by atoms with E-state index in [9.17, 15) is 13.0 Å². The van der Waals surface area contributed by atoms with Crippen LogP contribution in [-0.4, -0.2) is 13.0 Å². The highest BCUT2D eigenvalue weighted by molar-refractivity contribution is 7.80. The molecule has 0 spiro atoms. The fraction of sp³-hybridized carbons (Fsp3) is 0.250. The van der Waals surface area contributed by atoms with Gasteiger partial charge in [0.15, 0.2) is 0 Å². The largest absolute Gasteiger partial charge is 0.726 e. The number of hydrogen-bond acceptors (Lipinski definition) is 4. The molecule has 0 radical (unpaired) electrons. The maximum atomic E-state index is 10.1. The third kappa shape index (κ3) is 4.02. The third-order valence-corrected chi connectivity index (χ3v) is 1.86. The topological polar surface area (TPSA) is 66.4 Å². The van der Waals surface area contributed by atoms with Crippen LogP contribution in [0.3, 0.4) is 0 Å². The molecule has 0 saturated heterocycles. The molecular weight excluding hydrogens is 192 g/mol. The molecule has 0 atom stereocenters. The van der Waals surface area contributed by atoms with Crippen molar-refractivity contribution < 1.29 is 17.2 Å². The molecule has 0 unspecified atom stereocenters. The first-order chi connectivity index (χ1) is 5.97. The zero-order valence-electron chi connectivity index (χ0n) is 7.06. The van der Waals surface area contributed by atoms with E-state index in [0.29, 0.717) is 5.56 Å². The number of hydrogen-bond donors (Lipinski definition) is 0. The van der Waals surface area contributed by atoms with Crippen LogP contribution < -0.4 is 0 Å². The fourth-order valence-electron chi connectivity index (χ4n) is 0.942. The van der Waals surface area contributed by atoms with Crippen LogP contribution in [0.25, 0.3) is 0 Å². The normalized spacial score (nSPS) is 11.5. The van der Waals surface area contributed by atoms with Gasteiger partial charge < -0.3 is 4.55 Å². The van der Waals surface area contributed by atoms with Gasteiger partial charge in [0.1, 0.15) is 0 Å². The summed E-state index contributed by atoms with van der Waals surface area (Å²) < 4.78 is 34.4. The van der Waals surface area contributed by atoms with Crippen molar-refractivity contribution in [3.05, 3.63) is 35.4 Å². The molecule has 5 heteroatoms. The Hall–Kier alpha value is -0.910. The molecule has 13 heavy (non-hydrogen) atoms. The number of aryl methyl sites for hydroxylation is 1. The van der Waals surface area contributed by atoms with Crippen LogP contribution >= 0.6 is 0 Å². The van der Waals surface area contributed by atoms with Gasteiger partial charge in [-0.25, -0.2) is 8.42 Å². The average molecular weight is 201 g/mol. The number of benzene rings is 1. The van der Waals surface area contributed by atoms with Crippen LogP contribution in [0.1, 0.15) is 11.1 Å². The quantitative estimate of drug-likeness (QED) is 0.540. The summed E-state index contributed by atoms with van der Waals surface area (Å²) in [7, 11) is -4.59. The zero-order valence-corrected chi connectivity index (χ0v) is 7.87. The first-order valence-corrected chi connectivity index (χ1v) is 4.96. The molecule has 1 aromatic carbocycles. The van der Waals surface area contributed by atoms with Gasteiger partial charge in [-0.2, -0.15) is 0 Å². The highest BCUT2D eigenvalue weighted by atomic mass is 32.3. The van der Waals surface area contributed by atoms with Crippen molar-refractivity contribution in [3.8, 4) is 0 Å². The van der Waals surface area contributed by atoms with E-state index in [0.717, 1.165) is 5.56 Å². The standard InChI is InChI=1S/C8H10O4S/c1-7-3-2-4-8(5-7)6-12-13(9,10)11/h2-5H,6H2,1H3,(H,9,10,11)/p-1. The summed E-state index contributed by atoms with van der Waals surface area (Å²) in [5, 5.41) is 0. The van der Waals surface area contributed by atoms with Gasteiger partial charge in [0.2, 0.25) is 10.4 Å². The van der Waals surface area contributed by atoms with Gasteiger partial charge in [0.05, 0.1) is 6.61 Å². The second-order valence-corrected chi connectivity index (χ2v) is 3.71. The molecule has 0 aliphatic carbocycles. The predicted octanol–water partition coefficient (Wildman–Crippen LogP) is 0.972. The molecule has 0 amide bonds. The molecule has 0 aliphatic heterocycles. The molecule has 0 aromatic heterocycles. The van der Waals surface area contributed by atoms with Crippen molar-refractivity contribution in [2.24, 2.45) is 0 Å². The van der Waals surface area contributed by atoms with E-state index in [4.69, 9.17) is 0 Å². The molecule has 0 aliphatic rings. The van der Waals surface area contributed by atoms with Crippen LogP contribution in [0.4, 0.5) is 0 Å². The molecule has 1 aromatic rings. The van der Waals surface area contributed by atoms with E-state index in [1.165, 1.54) is 0 Å². The smallest absolute Gasteiger partial charge is 0.217 e. The Kier molecular flexibility index (Phi) is 3.02. The Morgan fingerprint density at radius 1 is 1.46 bits per heavy atom. The second kappa shape index (κ2) is 3.87. The van der Waals surface area contributed by atoms with Crippen LogP contribution in [0.2, 0.25) is 0 Å². The van der Waals surface area contributed by atoms with Gasteiger partial charge in [-0.15, -0.1) is 0 Å². The SMILES string of the molecule is Cc1cccc(COS(=O)(=O)[O-])c1. The Balaban J connectivity index is 2.65. The summed E-state index contributed by atoms with van der Waals surface area (Å²) in [6.45, 7) is 1.67. The highest BCUT2D eigenvalue weighted by Crippen LogP contribution is 2.06. The average Bonchev–Trinajstić information content (AvgIpc) is 2.00. The van der Waals surface area contributed by atoms with E-state index in [1.54, 1.807) is 18.2 Å². The molecule has 0 bridgehead atoms. The van der Waals surface area contributed by atoms with Crippen molar-refractivity contribution in [1.29, 1.82) is 0 Å². The van der Waals surface area contributed by atoms with Crippen molar-refractivity contribution in [1.82, 2.24) is 0 Å². The first kappa shape index (κ1) is 10.2. The molecule has 0 saturated carbocycles. The van der Waals surface area contributed by atoms with E-state index in [1.807, 2.05) is 13.0 Å². The van der Waals surface area contributed by atoms with Gasteiger partial charge in [0, 0.05) is 0 Å². The van der Waals surface area contributed by atoms with Crippen LogP contribution in [-0.2, 0) is 21.2 Å². The minimum Gasteiger partial charge on any atom is -0.726 e. The van der Waals surface area contributed by atoms with Gasteiger partial charge in [-0.3, -0.25) is 4.18 Å². The highest BCUT2D eigenvalue weighted by Gasteiger charge is 1.97. The van der Waals surface area contributed by atoms with Crippen LogP contribution in [0.15, 0.2) is 24.3 Å². The maximum absolute atomic E-state index is 10.1. The Morgan fingerprint density at radius 3 is 2.69 bits per heavy atom. The van der Waals surface area contributed by atoms with Crippen LogP contribution in [0.5, 0.6) is 0 Å². The van der Waals surface area contributed by atoms with E-state index in [-0.39, 0.29) is 6.61 Å². The van der Waals surface area contributed by atoms with E-state index >= 15 is 0 Å². The monoisotopic (exact) mass is 201 g/mol. The summed E-state index contributed by atoms with van der Waals surface area (Å²) in [6, 6.07) is 7.09. The summed E-state index contributed by atoms with van der Waals surface area (Å²) in [4.78, 5) is 0. The molecule has 0 heterocycles. The molecule has 0 N–H and O–H groups in total. The van der Waals surface area contributed by atoms with Gasteiger partial charge in [0.25, 0.3) is 0 Å². The summed E-state index contributed by atoms with van der Waals surface area (Å²) >= 11 is 0. The van der Waals surface area contributed by atoms with Gasteiger partial charge in [-0.05, 0) is 12.5 Å². The Morgan fingerprint density at radius 2 is 2.15 bits per heavy atom. The van der Waals surface area contributed by atoms with E-state index in [2.05, 4.69) is 4.18 Å². The maximum Gasteiger partial charge on any atom is 0.217 e. The fourth-order valence-corrected chi connectivity index (χ4v) is 1.22. The molecular formula is C8H9O4S-. The zero-order chi connectivity index (χ0) is 9.90. The van der Waals surface area contributed by atoms with Crippen molar-refractivity contribution >= 4 is 10.4 Å². The molecule has 1 rings (SSSR count). The van der Waals surface area contributed by atoms with E-state index < -0.39 is 10.4 Å². The summed E-state index contributed by atoms with van der Waals surface area (Å²) in [5.41, 5.74) is 1.66. The number of rotatable bonds is 3. The minimum absolute atomic E-state index is 0.201. The lowest BCUT2D eigenvalue weighted by molar-refractivity contribution is 0.253. The lowest BCUT2D eigenvalue weighted by Crippen LogP contribution is -2.03.